The lowest BCUT2D eigenvalue weighted by molar-refractivity contribution is -0.127. The molecular weight excluding hydrogens is 358 g/mol. The van der Waals surface area contributed by atoms with E-state index in [1.54, 1.807) is 0 Å². The molecule has 0 bridgehead atoms. The maximum Gasteiger partial charge on any atom is 0.240 e. The Balaban J connectivity index is 2.62. The fourth-order valence-corrected chi connectivity index (χ4v) is 3.08. The van der Waals surface area contributed by atoms with E-state index in [-0.39, 0.29) is 30.1 Å². The average molecular weight is 387 g/mol. The monoisotopic (exact) mass is 386 g/mol. The SMILES string of the molecule is CC(C)(C)[Si](C)(C)OCC[C@H](NC(=O)Cc1ccc(F)cc1F)C(N)=O. The largest absolute Gasteiger partial charge is 0.417 e. The number of benzene rings is 1. The fourth-order valence-electron chi connectivity index (χ4n) is 2.02. The first kappa shape index (κ1) is 22.2. The zero-order chi connectivity index (χ0) is 20.1. The highest BCUT2D eigenvalue weighted by Gasteiger charge is 2.37. The second-order valence-corrected chi connectivity index (χ2v) is 12.6. The van der Waals surface area contributed by atoms with Crippen LogP contribution in [0.2, 0.25) is 18.1 Å². The summed E-state index contributed by atoms with van der Waals surface area (Å²) in [5.41, 5.74) is 5.39. The van der Waals surface area contributed by atoms with Gasteiger partial charge in [-0.3, -0.25) is 9.59 Å². The van der Waals surface area contributed by atoms with Crippen LogP contribution in [-0.4, -0.2) is 32.8 Å². The van der Waals surface area contributed by atoms with E-state index in [1.807, 2.05) is 0 Å². The molecule has 0 saturated heterocycles. The zero-order valence-corrected chi connectivity index (χ0v) is 17.0. The molecule has 0 spiro atoms. The van der Waals surface area contributed by atoms with E-state index in [0.29, 0.717) is 6.07 Å². The molecule has 0 fully saturated rings. The number of nitrogens with two attached hydrogens (primary N) is 1. The second-order valence-electron chi connectivity index (χ2n) is 7.83. The van der Waals surface area contributed by atoms with E-state index in [9.17, 15) is 18.4 Å². The van der Waals surface area contributed by atoms with Crippen molar-refractivity contribution in [2.45, 2.75) is 57.8 Å². The summed E-state index contributed by atoms with van der Waals surface area (Å²) in [6.07, 6.45) is -0.0710. The molecule has 0 aliphatic heterocycles. The Morgan fingerprint density at radius 2 is 1.88 bits per heavy atom. The van der Waals surface area contributed by atoms with Crippen LogP contribution in [0.5, 0.6) is 0 Å². The van der Waals surface area contributed by atoms with Gasteiger partial charge in [0.15, 0.2) is 8.32 Å². The lowest BCUT2D eigenvalue weighted by atomic mass is 10.1. The van der Waals surface area contributed by atoms with E-state index in [2.05, 4.69) is 39.2 Å². The van der Waals surface area contributed by atoms with Gasteiger partial charge in [0.2, 0.25) is 11.8 Å². The van der Waals surface area contributed by atoms with Gasteiger partial charge in [-0.05, 0) is 36.2 Å². The Bertz CT molecular complexity index is 660. The van der Waals surface area contributed by atoms with Crippen LogP contribution in [0, 0.1) is 11.6 Å². The standard InChI is InChI=1S/C18H28F2N2O3Si/c1-18(2,3)26(4,5)25-9-8-15(17(21)24)22-16(23)10-12-6-7-13(19)11-14(12)20/h6-7,11,15H,8-10H2,1-5H3,(H2,21,24)(H,22,23)/t15-/m0/s1. The third-order valence-corrected chi connectivity index (χ3v) is 9.26. The Morgan fingerprint density at radius 3 is 2.38 bits per heavy atom. The first-order chi connectivity index (χ1) is 11.8. The highest BCUT2D eigenvalue weighted by atomic mass is 28.4. The molecule has 1 aromatic rings. The molecule has 8 heteroatoms. The van der Waals surface area contributed by atoms with Crippen LogP contribution < -0.4 is 11.1 Å². The summed E-state index contributed by atoms with van der Waals surface area (Å²) in [5.74, 6) is -2.77. The van der Waals surface area contributed by atoms with Crippen LogP contribution in [0.3, 0.4) is 0 Å². The second kappa shape index (κ2) is 8.72. The summed E-state index contributed by atoms with van der Waals surface area (Å²) in [5, 5.41) is 2.52. The molecule has 146 valence electrons. The zero-order valence-electron chi connectivity index (χ0n) is 16.0. The Hall–Kier alpha value is -1.80. The normalized spacial score (nSPS) is 13.3. The highest BCUT2D eigenvalue weighted by molar-refractivity contribution is 6.74. The van der Waals surface area contributed by atoms with E-state index >= 15 is 0 Å². The molecule has 0 saturated carbocycles. The van der Waals surface area contributed by atoms with Crippen LogP contribution in [0.4, 0.5) is 8.78 Å². The summed E-state index contributed by atoms with van der Waals surface area (Å²) in [6, 6.07) is 2.08. The Kier molecular flexibility index (Phi) is 7.46. The van der Waals surface area contributed by atoms with Crippen LogP contribution in [0.15, 0.2) is 18.2 Å². The first-order valence-electron chi connectivity index (χ1n) is 8.50. The molecule has 1 aromatic carbocycles. The maximum absolute atomic E-state index is 13.6. The summed E-state index contributed by atoms with van der Waals surface area (Å²) in [4.78, 5) is 23.7. The predicted molar refractivity (Wildman–Crippen MR) is 99.0 cm³/mol. The van der Waals surface area contributed by atoms with Crippen LogP contribution in [0.25, 0.3) is 0 Å². The molecule has 0 radical (unpaired) electrons. The van der Waals surface area contributed by atoms with E-state index < -0.39 is 37.8 Å². The molecular formula is C18H28F2N2O3Si. The van der Waals surface area contributed by atoms with Crippen molar-refractivity contribution in [1.29, 1.82) is 0 Å². The molecule has 0 aliphatic carbocycles. The van der Waals surface area contributed by atoms with E-state index in [1.165, 1.54) is 6.07 Å². The molecule has 3 N–H and O–H groups in total. The van der Waals surface area contributed by atoms with Crippen molar-refractivity contribution in [3.63, 3.8) is 0 Å². The minimum Gasteiger partial charge on any atom is -0.417 e. The average Bonchev–Trinajstić information content (AvgIpc) is 2.47. The number of primary amides is 1. The molecule has 0 heterocycles. The van der Waals surface area contributed by atoms with Gasteiger partial charge in [-0.2, -0.15) is 0 Å². The molecule has 1 atom stereocenters. The van der Waals surface area contributed by atoms with Crippen LogP contribution in [-0.2, 0) is 20.4 Å². The van der Waals surface area contributed by atoms with Crippen LogP contribution >= 0.6 is 0 Å². The third kappa shape index (κ3) is 6.49. The van der Waals surface area contributed by atoms with Gasteiger partial charge in [0.1, 0.15) is 17.7 Å². The summed E-state index contributed by atoms with van der Waals surface area (Å²) in [7, 11) is -1.97. The van der Waals surface area contributed by atoms with Gasteiger partial charge in [0.25, 0.3) is 0 Å². The van der Waals surface area contributed by atoms with Crippen molar-refractivity contribution in [3.8, 4) is 0 Å². The summed E-state index contributed by atoms with van der Waals surface area (Å²) in [6.45, 7) is 10.8. The van der Waals surface area contributed by atoms with Crippen LogP contribution in [0.1, 0.15) is 32.8 Å². The quantitative estimate of drug-likeness (QED) is 0.674. The number of carbonyl (C=O) groups excluding carboxylic acids is 2. The minimum absolute atomic E-state index is 0.0264. The van der Waals surface area contributed by atoms with Crippen molar-refractivity contribution < 1.29 is 22.8 Å². The molecule has 26 heavy (non-hydrogen) atoms. The van der Waals surface area contributed by atoms with Gasteiger partial charge in [0, 0.05) is 12.7 Å². The van der Waals surface area contributed by atoms with Gasteiger partial charge in [-0.25, -0.2) is 8.78 Å². The number of carbonyl (C=O) groups is 2. The summed E-state index contributed by atoms with van der Waals surface area (Å²) >= 11 is 0. The molecule has 0 aromatic heterocycles. The number of halogens is 2. The van der Waals surface area contributed by atoms with Crippen molar-refractivity contribution in [1.82, 2.24) is 5.32 Å². The Labute approximate surface area is 154 Å². The van der Waals surface area contributed by atoms with Gasteiger partial charge < -0.3 is 15.5 Å². The Morgan fingerprint density at radius 1 is 1.27 bits per heavy atom. The molecule has 0 aliphatic rings. The first-order valence-corrected chi connectivity index (χ1v) is 11.4. The van der Waals surface area contributed by atoms with Crippen molar-refractivity contribution in [2.24, 2.45) is 5.73 Å². The number of rotatable bonds is 8. The fraction of sp³-hybridized carbons (Fsp3) is 0.556. The van der Waals surface area contributed by atoms with E-state index in [4.69, 9.17) is 10.2 Å². The van der Waals surface area contributed by atoms with Crippen molar-refractivity contribution in [2.75, 3.05) is 6.61 Å². The number of nitrogens with one attached hydrogen (secondary N) is 1. The minimum atomic E-state index is -1.97. The topological polar surface area (TPSA) is 81.4 Å². The number of hydrogen-bond donors (Lipinski definition) is 2. The van der Waals surface area contributed by atoms with Gasteiger partial charge in [-0.1, -0.05) is 26.8 Å². The molecule has 2 amide bonds. The smallest absolute Gasteiger partial charge is 0.240 e. The molecule has 0 unspecified atom stereocenters. The van der Waals surface area contributed by atoms with Gasteiger partial charge >= 0.3 is 0 Å². The predicted octanol–water partition coefficient (Wildman–Crippen LogP) is 2.89. The lowest BCUT2D eigenvalue weighted by Gasteiger charge is -2.36. The third-order valence-electron chi connectivity index (χ3n) is 4.72. The molecule has 1 rings (SSSR count). The van der Waals surface area contributed by atoms with Crippen molar-refractivity contribution >= 4 is 20.1 Å². The van der Waals surface area contributed by atoms with Gasteiger partial charge in [0.05, 0.1) is 6.42 Å². The van der Waals surface area contributed by atoms with Gasteiger partial charge in [-0.15, -0.1) is 0 Å². The lowest BCUT2D eigenvalue weighted by Crippen LogP contribution is -2.47. The van der Waals surface area contributed by atoms with Crippen molar-refractivity contribution in [3.05, 3.63) is 35.4 Å². The number of hydrogen-bond acceptors (Lipinski definition) is 3. The maximum atomic E-state index is 13.6. The highest BCUT2D eigenvalue weighted by Crippen LogP contribution is 2.36. The summed E-state index contributed by atoms with van der Waals surface area (Å²) < 4.78 is 32.5. The molecule has 5 nitrogen and oxygen atoms in total. The number of amides is 2. The van der Waals surface area contributed by atoms with E-state index in [0.717, 1.165) is 6.07 Å².